The van der Waals surface area contributed by atoms with Gasteiger partial charge in [0.2, 0.25) is 23.8 Å². The minimum atomic E-state index is -1.98. The van der Waals surface area contributed by atoms with Gasteiger partial charge in [0, 0.05) is 23.8 Å². The van der Waals surface area contributed by atoms with E-state index in [2.05, 4.69) is 0 Å². The van der Waals surface area contributed by atoms with E-state index in [-0.39, 0.29) is 34.2 Å². The third-order valence-corrected chi connectivity index (χ3v) is 8.73. The van der Waals surface area contributed by atoms with Crippen LogP contribution >= 0.6 is 0 Å². The Balaban J connectivity index is 1.29. The molecule has 0 spiro atoms. The highest BCUT2D eigenvalue weighted by atomic mass is 16.7. The van der Waals surface area contributed by atoms with Crippen LogP contribution < -0.4 is 14.9 Å². The Labute approximate surface area is 304 Å². The lowest BCUT2D eigenvalue weighted by molar-refractivity contribution is -0.278. The van der Waals surface area contributed by atoms with E-state index < -0.39 is 103 Å². The molecule has 0 unspecified atom stereocenters. The summed E-state index contributed by atoms with van der Waals surface area (Å²) in [5.41, 5.74) is -0.665. The number of hydrogen-bond acceptors (Lipinski definition) is 18. The molecule has 288 valence electrons. The van der Waals surface area contributed by atoms with Crippen molar-refractivity contribution in [2.24, 2.45) is 0 Å². The first-order chi connectivity index (χ1) is 25.7. The van der Waals surface area contributed by atoms with Crippen molar-refractivity contribution in [1.29, 1.82) is 0 Å². The maximum Gasteiger partial charge on any atom is 0.330 e. The van der Waals surface area contributed by atoms with Gasteiger partial charge in [0.25, 0.3) is 0 Å². The average molecular weight is 757 g/mol. The Morgan fingerprint density at radius 2 is 1.30 bits per heavy atom. The molecule has 3 aromatic carbocycles. The van der Waals surface area contributed by atoms with Gasteiger partial charge in [-0.3, -0.25) is 4.79 Å². The van der Waals surface area contributed by atoms with E-state index in [9.17, 15) is 60.7 Å². The zero-order chi connectivity index (χ0) is 38.8. The second-order valence-electron chi connectivity index (χ2n) is 12.5. The van der Waals surface area contributed by atoms with Crippen LogP contribution in [0.4, 0.5) is 0 Å². The lowest BCUT2D eigenvalue weighted by Crippen LogP contribution is -2.60. The monoisotopic (exact) mass is 756 g/mol. The molecule has 54 heavy (non-hydrogen) atoms. The molecule has 2 fully saturated rings. The number of benzene rings is 3. The van der Waals surface area contributed by atoms with Gasteiger partial charge >= 0.3 is 5.97 Å². The molecule has 2 aliphatic heterocycles. The topological polar surface area (TPSA) is 296 Å². The SMILES string of the molecule is O=C(/C=C/c1ccc(O)cc1)OC[C@H]1O[C@@H](Oc2c(-c3ccc(O)cc3)oc3cc(O[C@@H]4O[C@H](CO)[C@@H](O)[C@H](O)[C@H]4O)cc(O)c3c2=O)[C@H](O)[C@@H](O)[C@@H]1O. The van der Waals surface area contributed by atoms with Gasteiger partial charge in [0.1, 0.15) is 89.4 Å². The van der Waals surface area contributed by atoms with Crippen LogP contribution in [-0.4, -0.2) is 132 Å². The van der Waals surface area contributed by atoms with E-state index in [0.717, 1.165) is 18.2 Å². The summed E-state index contributed by atoms with van der Waals surface area (Å²) in [5, 5.41) is 102. The van der Waals surface area contributed by atoms with Crippen LogP contribution in [0.25, 0.3) is 28.4 Å². The normalized spacial score (nSPS) is 28.6. The molecular formula is C36H36O18. The Hall–Kier alpha value is -5.28. The highest BCUT2D eigenvalue weighted by Crippen LogP contribution is 2.38. The maximum absolute atomic E-state index is 14.0. The summed E-state index contributed by atoms with van der Waals surface area (Å²) >= 11 is 0. The molecule has 6 rings (SSSR count). The summed E-state index contributed by atoms with van der Waals surface area (Å²) in [6.45, 7) is -1.37. The first-order valence-electron chi connectivity index (χ1n) is 16.4. The summed E-state index contributed by atoms with van der Waals surface area (Å²) < 4.78 is 33.6. The molecule has 18 heteroatoms. The van der Waals surface area contributed by atoms with Gasteiger partial charge in [-0.25, -0.2) is 4.79 Å². The van der Waals surface area contributed by atoms with Crippen molar-refractivity contribution in [2.45, 2.75) is 61.4 Å². The first-order valence-corrected chi connectivity index (χ1v) is 16.4. The van der Waals surface area contributed by atoms with Gasteiger partial charge < -0.3 is 79.2 Å². The van der Waals surface area contributed by atoms with E-state index in [1.54, 1.807) is 12.1 Å². The van der Waals surface area contributed by atoms with Crippen molar-refractivity contribution in [3.8, 4) is 40.1 Å². The molecule has 1 aromatic heterocycles. The van der Waals surface area contributed by atoms with Crippen LogP contribution in [0.2, 0.25) is 0 Å². The van der Waals surface area contributed by atoms with E-state index in [0.29, 0.717) is 5.56 Å². The summed E-state index contributed by atoms with van der Waals surface area (Å²) in [7, 11) is 0. The average Bonchev–Trinajstić information content (AvgIpc) is 3.15. The molecule has 4 aromatic rings. The third-order valence-electron chi connectivity index (χ3n) is 8.73. The fourth-order valence-corrected chi connectivity index (χ4v) is 5.76. The van der Waals surface area contributed by atoms with Gasteiger partial charge in [0.15, 0.2) is 5.76 Å². The predicted octanol–water partition coefficient (Wildman–Crippen LogP) is -0.802. The number of carbonyl (C=O) groups is 1. The minimum absolute atomic E-state index is 0.0259. The van der Waals surface area contributed by atoms with Crippen LogP contribution in [0.3, 0.4) is 0 Å². The molecule has 0 aliphatic carbocycles. The molecule has 3 heterocycles. The number of aromatic hydroxyl groups is 3. The molecule has 10 atom stereocenters. The fraction of sp³-hybridized carbons (Fsp3) is 0.333. The number of hydrogen-bond donors (Lipinski definition) is 10. The van der Waals surface area contributed by atoms with Gasteiger partial charge in [-0.15, -0.1) is 0 Å². The first kappa shape index (κ1) is 38.4. The molecule has 18 nitrogen and oxygen atoms in total. The second-order valence-corrected chi connectivity index (χ2v) is 12.5. The molecule has 0 saturated carbocycles. The molecule has 0 radical (unpaired) electrons. The zero-order valence-electron chi connectivity index (χ0n) is 27.9. The Morgan fingerprint density at radius 1 is 0.722 bits per heavy atom. The Kier molecular flexibility index (Phi) is 11.4. The number of carbonyl (C=O) groups excluding carboxylic acids is 1. The number of phenols is 3. The molecule has 10 N–H and O–H groups in total. The largest absolute Gasteiger partial charge is 0.508 e. The van der Waals surface area contributed by atoms with Crippen molar-refractivity contribution < 1.29 is 84.0 Å². The lowest BCUT2D eigenvalue weighted by Gasteiger charge is -2.39. The quantitative estimate of drug-likeness (QED) is 0.0700. The molecule has 0 bridgehead atoms. The highest BCUT2D eigenvalue weighted by Gasteiger charge is 2.47. The number of phenolic OH excluding ortho intramolecular Hbond substituents is 3. The summed E-state index contributed by atoms with van der Waals surface area (Å²) in [5.74, 6) is -2.99. The van der Waals surface area contributed by atoms with Crippen molar-refractivity contribution in [2.75, 3.05) is 13.2 Å². The fourth-order valence-electron chi connectivity index (χ4n) is 5.76. The van der Waals surface area contributed by atoms with Crippen LogP contribution in [0, 0.1) is 0 Å². The van der Waals surface area contributed by atoms with Gasteiger partial charge in [-0.2, -0.15) is 0 Å². The summed E-state index contributed by atoms with van der Waals surface area (Å²) in [6, 6.07) is 13.2. The van der Waals surface area contributed by atoms with Crippen molar-refractivity contribution in [3.63, 3.8) is 0 Å². The molecule has 0 amide bonds. The lowest BCUT2D eigenvalue weighted by atomic mass is 9.99. The Bertz CT molecular complexity index is 2030. The highest BCUT2D eigenvalue weighted by molar-refractivity contribution is 5.88. The van der Waals surface area contributed by atoms with Crippen molar-refractivity contribution in [1.82, 2.24) is 0 Å². The molecule has 2 aliphatic rings. The van der Waals surface area contributed by atoms with Gasteiger partial charge in [-0.1, -0.05) is 12.1 Å². The second kappa shape index (κ2) is 16.0. The zero-order valence-corrected chi connectivity index (χ0v) is 27.9. The summed E-state index contributed by atoms with van der Waals surface area (Å²) in [4.78, 5) is 26.4. The predicted molar refractivity (Wildman–Crippen MR) is 181 cm³/mol. The van der Waals surface area contributed by atoms with E-state index in [4.69, 9.17) is 28.1 Å². The number of aliphatic hydroxyl groups is 7. The van der Waals surface area contributed by atoms with Gasteiger partial charge in [-0.05, 0) is 48.0 Å². The van der Waals surface area contributed by atoms with Crippen molar-refractivity contribution >= 4 is 23.0 Å². The van der Waals surface area contributed by atoms with Gasteiger partial charge in [0.05, 0.1) is 6.61 Å². The number of aliphatic hydroxyl groups excluding tert-OH is 7. The van der Waals surface area contributed by atoms with Crippen LogP contribution in [0.1, 0.15) is 5.56 Å². The van der Waals surface area contributed by atoms with Crippen LogP contribution in [-0.2, 0) is 19.0 Å². The summed E-state index contributed by atoms with van der Waals surface area (Å²) in [6.07, 6.45) is -14.8. The van der Waals surface area contributed by atoms with E-state index in [1.165, 1.54) is 42.5 Å². The number of esters is 1. The maximum atomic E-state index is 14.0. The molecular weight excluding hydrogens is 720 g/mol. The number of ether oxygens (including phenoxy) is 5. The van der Waals surface area contributed by atoms with Crippen molar-refractivity contribution in [3.05, 3.63) is 82.5 Å². The van der Waals surface area contributed by atoms with Crippen LogP contribution in [0.5, 0.6) is 28.7 Å². The number of fused-ring (bicyclic) bond motifs is 1. The number of rotatable bonds is 10. The van der Waals surface area contributed by atoms with E-state index in [1.807, 2.05) is 0 Å². The smallest absolute Gasteiger partial charge is 0.330 e. The Morgan fingerprint density at radius 3 is 1.93 bits per heavy atom. The minimum Gasteiger partial charge on any atom is -0.508 e. The third kappa shape index (κ3) is 7.97. The van der Waals surface area contributed by atoms with Crippen LogP contribution in [0.15, 0.2) is 76.0 Å². The van der Waals surface area contributed by atoms with E-state index >= 15 is 0 Å². The molecule has 2 saturated heterocycles. The standard InChI is InChI=1S/C36H36O18/c37-13-22-26(42)29(45)31(47)35(52-22)50-19-11-20(40)25-21(12-19)51-33(16-4-8-18(39)9-5-16)34(28(25)44)54-36-32(48)30(46)27(43)23(53-36)14-49-24(41)10-3-15-1-6-17(38)7-2-15/h1-12,22-23,26-27,29-32,35-40,42-43,45-48H,13-14H2/b10-3+/t22-,23-,26-,27-,29+,30+,31-,32-,35-,36+/m1/s1.